The summed E-state index contributed by atoms with van der Waals surface area (Å²) in [5.74, 6) is 1.33. The molecule has 0 saturated carbocycles. The summed E-state index contributed by atoms with van der Waals surface area (Å²) in [6, 6.07) is 0. The Balaban J connectivity index is 2.66. The minimum Gasteiger partial charge on any atom is -0.495 e. The quantitative estimate of drug-likeness (QED) is 0.584. The second kappa shape index (κ2) is 2.92. The van der Waals surface area contributed by atoms with Crippen molar-refractivity contribution >= 4 is 17.4 Å². The smallest absolute Gasteiger partial charge is 0.239 e. The van der Waals surface area contributed by atoms with Gasteiger partial charge in [0.1, 0.15) is 5.84 Å². The molecule has 1 aliphatic heterocycles. The molecule has 0 aromatic rings. The van der Waals surface area contributed by atoms with Crippen molar-refractivity contribution in [1.82, 2.24) is 5.32 Å². The molecule has 1 aliphatic rings. The van der Waals surface area contributed by atoms with Gasteiger partial charge in [-0.1, -0.05) is 11.6 Å². The maximum Gasteiger partial charge on any atom is 0.239 e. The number of nitrogens with zero attached hydrogens (tertiary/aromatic N) is 1. The summed E-state index contributed by atoms with van der Waals surface area (Å²) in [5, 5.41) is 2.87. The summed E-state index contributed by atoms with van der Waals surface area (Å²) in [7, 11) is 1.55. The highest BCUT2D eigenvalue weighted by Crippen LogP contribution is 2.21. The maximum absolute atomic E-state index is 5.67. The molecule has 0 saturated heterocycles. The van der Waals surface area contributed by atoms with Gasteiger partial charge < -0.3 is 10.1 Å². The lowest BCUT2D eigenvalue weighted by Crippen LogP contribution is -2.20. The molecule has 3 nitrogen and oxygen atoms in total. The Hall–Kier alpha value is -0.700. The van der Waals surface area contributed by atoms with Crippen molar-refractivity contribution in [3.8, 4) is 0 Å². The van der Waals surface area contributed by atoms with Crippen molar-refractivity contribution < 1.29 is 4.74 Å². The van der Waals surface area contributed by atoms with Gasteiger partial charge in [-0.2, -0.15) is 0 Å². The van der Waals surface area contributed by atoms with Crippen LogP contribution in [0.2, 0.25) is 0 Å². The van der Waals surface area contributed by atoms with Gasteiger partial charge in [0.05, 0.1) is 7.11 Å². The third kappa shape index (κ3) is 1.42. The van der Waals surface area contributed by atoms with Crippen LogP contribution in [-0.2, 0) is 4.74 Å². The number of hydrogen-bond donors (Lipinski definition) is 1. The number of halogens is 1. The standard InChI is InChI=1S/C6H8ClN2O/c1-4-8-3-5(10-2)6(7)9-4/h3H,1-2H3,(H,8,9). The largest absolute Gasteiger partial charge is 0.495 e. The first kappa shape index (κ1) is 7.41. The van der Waals surface area contributed by atoms with Crippen LogP contribution in [0.15, 0.2) is 17.0 Å². The SMILES string of the molecule is COC1=CNC(C)=N[C]1Cl. The van der Waals surface area contributed by atoms with Gasteiger partial charge in [-0.15, -0.1) is 0 Å². The van der Waals surface area contributed by atoms with Gasteiger partial charge in [0, 0.05) is 6.20 Å². The minimum absolute atomic E-state index is 0.388. The van der Waals surface area contributed by atoms with Gasteiger partial charge in [-0.3, -0.25) is 0 Å². The molecule has 1 N–H and O–H groups in total. The minimum atomic E-state index is 0.388. The van der Waals surface area contributed by atoms with Gasteiger partial charge in [-0.25, -0.2) is 4.99 Å². The van der Waals surface area contributed by atoms with E-state index in [-0.39, 0.29) is 0 Å². The van der Waals surface area contributed by atoms with E-state index < -0.39 is 0 Å². The third-order valence-electron chi connectivity index (χ3n) is 1.10. The molecule has 0 atom stereocenters. The first-order chi connectivity index (χ1) is 4.74. The number of amidine groups is 1. The van der Waals surface area contributed by atoms with Crippen LogP contribution in [0.25, 0.3) is 0 Å². The van der Waals surface area contributed by atoms with Crippen molar-refractivity contribution in [2.75, 3.05) is 7.11 Å². The van der Waals surface area contributed by atoms with Crippen molar-refractivity contribution in [3.05, 3.63) is 17.5 Å². The van der Waals surface area contributed by atoms with Crippen LogP contribution in [0.1, 0.15) is 6.92 Å². The lowest BCUT2D eigenvalue weighted by Gasteiger charge is -2.13. The molecule has 4 heteroatoms. The Labute approximate surface area is 64.7 Å². The summed E-state index contributed by atoms with van der Waals surface area (Å²) >= 11 is 5.67. The highest BCUT2D eigenvalue weighted by molar-refractivity contribution is 6.29. The summed E-state index contributed by atoms with van der Waals surface area (Å²) < 4.78 is 4.87. The number of aliphatic imine (C=N–C) groups is 1. The Bertz CT molecular complexity index is 188. The molecule has 55 valence electrons. The fraction of sp³-hybridized carbons (Fsp3) is 0.333. The lowest BCUT2D eigenvalue weighted by molar-refractivity contribution is 0.291. The van der Waals surface area contributed by atoms with Crippen LogP contribution >= 0.6 is 11.6 Å². The Morgan fingerprint density at radius 2 is 2.40 bits per heavy atom. The third-order valence-corrected chi connectivity index (χ3v) is 1.37. The zero-order valence-corrected chi connectivity index (χ0v) is 6.57. The van der Waals surface area contributed by atoms with Gasteiger partial charge in [0.15, 0.2) is 5.76 Å². The van der Waals surface area contributed by atoms with Crippen LogP contribution in [0.5, 0.6) is 0 Å². The molecule has 10 heavy (non-hydrogen) atoms. The van der Waals surface area contributed by atoms with E-state index in [0.717, 1.165) is 5.84 Å². The number of nitrogens with one attached hydrogen (secondary N) is 1. The zero-order chi connectivity index (χ0) is 7.56. The summed E-state index contributed by atoms with van der Waals surface area (Å²) in [5.41, 5.74) is 0.388. The van der Waals surface area contributed by atoms with E-state index in [1.54, 1.807) is 13.3 Å². The van der Waals surface area contributed by atoms with Crippen molar-refractivity contribution in [2.45, 2.75) is 6.92 Å². The zero-order valence-electron chi connectivity index (χ0n) is 5.81. The predicted octanol–water partition coefficient (Wildman–Crippen LogP) is 1.22. The van der Waals surface area contributed by atoms with Crippen LogP contribution in [-0.4, -0.2) is 12.9 Å². The Kier molecular flexibility index (Phi) is 2.17. The summed E-state index contributed by atoms with van der Waals surface area (Å²) in [4.78, 5) is 3.93. The molecule has 1 radical (unpaired) electrons. The van der Waals surface area contributed by atoms with E-state index in [4.69, 9.17) is 16.3 Å². The van der Waals surface area contributed by atoms with Crippen LogP contribution in [0.4, 0.5) is 0 Å². The predicted molar refractivity (Wildman–Crippen MR) is 40.4 cm³/mol. The van der Waals surface area contributed by atoms with Crippen molar-refractivity contribution in [1.29, 1.82) is 0 Å². The average Bonchev–Trinajstić information content (AvgIpc) is 1.88. The number of methoxy groups -OCH3 is 1. The molecule has 0 unspecified atom stereocenters. The molecule has 0 amide bonds. The fourth-order valence-corrected chi connectivity index (χ4v) is 0.866. The molecule has 1 rings (SSSR count). The number of ether oxygens (including phenoxy) is 1. The second-order valence-corrected chi connectivity index (χ2v) is 2.20. The fourth-order valence-electron chi connectivity index (χ4n) is 0.607. The molecule has 0 spiro atoms. The first-order valence-electron chi connectivity index (χ1n) is 2.83. The van der Waals surface area contributed by atoms with E-state index in [2.05, 4.69) is 10.3 Å². The Morgan fingerprint density at radius 1 is 1.70 bits per heavy atom. The second-order valence-electron chi connectivity index (χ2n) is 1.85. The molecular weight excluding hydrogens is 152 g/mol. The summed E-state index contributed by atoms with van der Waals surface area (Å²) in [6.45, 7) is 1.82. The van der Waals surface area contributed by atoms with E-state index >= 15 is 0 Å². The monoisotopic (exact) mass is 159 g/mol. The van der Waals surface area contributed by atoms with Gasteiger partial charge in [0.25, 0.3) is 0 Å². The van der Waals surface area contributed by atoms with Crippen molar-refractivity contribution in [2.24, 2.45) is 4.99 Å². The maximum atomic E-state index is 5.67. The highest BCUT2D eigenvalue weighted by Gasteiger charge is 2.15. The van der Waals surface area contributed by atoms with E-state index in [9.17, 15) is 0 Å². The van der Waals surface area contributed by atoms with Crippen LogP contribution in [0, 0.1) is 5.50 Å². The van der Waals surface area contributed by atoms with Crippen LogP contribution in [0.3, 0.4) is 0 Å². The van der Waals surface area contributed by atoms with Gasteiger partial charge in [0.2, 0.25) is 5.50 Å². The van der Waals surface area contributed by atoms with Crippen molar-refractivity contribution in [3.63, 3.8) is 0 Å². The van der Waals surface area contributed by atoms with Crippen LogP contribution < -0.4 is 5.32 Å². The van der Waals surface area contributed by atoms with E-state index in [1.807, 2.05) is 6.92 Å². The lowest BCUT2D eigenvalue weighted by atomic mass is 10.4. The molecule has 0 bridgehead atoms. The first-order valence-corrected chi connectivity index (χ1v) is 3.20. The average molecular weight is 160 g/mol. The topological polar surface area (TPSA) is 33.6 Å². The molecule has 0 aromatic carbocycles. The van der Waals surface area contributed by atoms with Gasteiger partial charge in [-0.05, 0) is 6.92 Å². The number of rotatable bonds is 1. The highest BCUT2D eigenvalue weighted by atomic mass is 35.5. The molecule has 1 heterocycles. The molecular formula is C6H8ClN2O. The van der Waals surface area contributed by atoms with E-state index in [1.165, 1.54) is 0 Å². The normalized spacial score (nSPS) is 19.1. The molecule has 0 aliphatic carbocycles. The molecule has 0 aromatic heterocycles. The van der Waals surface area contributed by atoms with Gasteiger partial charge >= 0.3 is 0 Å². The number of hydrogen-bond acceptors (Lipinski definition) is 3. The van der Waals surface area contributed by atoms with E-state index in [0.29, 0.717) is 11.3 Å². The molecule has 0 fully saturated rings. The summed E-state index contributed by atoms with van der Waals surface area (Å²) in [6.07, 6.45) is 1.67. The Morgan fingerprint density at radius 3 is 2.90 bits per heavy atom.